The summed E-state index contributed by atoms with van der Waals surface area (Å²) in [6, 6.07) is 13.6. The first-order chi connectivity index (χ1) is 13.5. The number of halogens is 1. The third-order valence-corrected chi connectivity index (χ3v) is 6.37. The number of aromatic amines is 1. The van der Waals surface area contributed by atoms with Crippen LogP contribution in [0.2, 0.25) is 0 Å². The number of rotatable bonds is 5. The van der Waals surface area contributed by atoms with Crippen LogP contribution in [-0.4, -0.2) is 29.5 Å². The predicted octanol–water partition coefficient (Wildman–Crippen LogP) is 3.84. The van der Waals surface area contributed by atoms with Crippen LogP contribution in [0.15, 0.2) is 59.6 Å². The molecule has 9 heteroatoms. The molecule has 0 atom stereocenters. The fourth-order valence-electron chi connectivity index (χ4n) is 3.31. The molecule has 0 fully saturated rings. The molecule has 2 heterocycles. The molecule has 0 unspecified atom stereocenters. The molecule has 0 saturated heterocycles. The van der Waals surface area contributed by atoms with Crippen LogP contribution in [0.25, 0.3) is 22.2 Å². The van der Waals surface area contributed by atoms with Gasteiger partial charge in [-0.3, -0.25) is 0 Å². The van der Waals surface area contributed by atoms with E-state index < -0.39 is 10.0 Å². The summed E-state index contributed by atoms with van der Waals surface area (Å²) in [7, 11) is -2.21. The van der Waals surface area contributed by atoms with Gasteiger partial charge in [0.15, 0.2) is 5.95 Å². The van der Waals surface area contributed by atoms with Crippen molar-refractivity contribution in [1.29, 1.82) is 0 Å². The average Bonchev–Trinajstić information content (AvgIpc) is 3.28. The number of fused-ring (bicyclic) bond motifs is 1. The zero-order valence-electron chi connectivity index (χ0n) is 15.9. The molecule has 29 heavy (non-hydrogen) atoms. The number of nitrogens with one attached hydrogen (secondary N) is 1. The summed E-state index contributed by atoms with van der Waals surface area (Å²) >= 11 is 0. The SMILES string of the molecule is CCc1[nH]c(N)nc1-c1cn(S(=O)(=O)c2ccccc2)c2ccc(OC)cc12.Cl. The molecule has 0 bridgehead atoms. The van der Waals surface area contributed by atoms with Crippen LogP contribution >= 0.6 is 12.4 Å². The van der Waals surface area contributed by atoms with E-state index in [0.717, 1.165) is 11.1 Å². The minimum absolute atomic E-state index is 0. The zero-order valence-corrected chi connectivity index (χ0v) is 17.5. The van der Waals surface area contributed by atoms with Crippen LogP contribution in [0.4, 0.5) is 5.95 Å². The van der Waals surface area contributed by atoms with Crippen LogP contribution in [0.3, 0.4) is 0 Å². The van der Waals surface area contributed by atoms with Gasteiger partial charge in [0.25, 0.3) is 10.0 Å². The number of aryl methyl sites for hydroxylation is 1. The van der Waals surface area contributed by atoms with Gasteiger partial charge in [-0.1, -0.05) is 25.1 Å². The smallest absolute Gasteiger partial charge is 0.268 e. The summed E-state index contributed by atoms with van der Waals surface area (Å²) < 4.78 is 33.2. The van der Waals surface area contributed by atoms with Gasteiger partial charge in [-0.05, 0) is 36.8 Å². The lowest BCUT2D eigenvalue weighted by Crippen LogP contribution is -2.11. The van der Waals surface area contributed by atoms with E-state index in [-0.39, 0.29) is 17.3 Å². The Kier molecular flexibility index (Phi) is 5.59. The Bertz CT molecular complexity index is 1260. The van der Waals surface area contributed by atoms with Gasteiger partial charge >= 0.3 is 0 Å². The maximum absolute atomic E-state index is 13.3. The fraction of sp³-hybridized carbons (Fsp3) is 0.150. The predicted molar refractivity (Wildman–Crippen MR) is 116 cm³/mol. The molecule has 0 saturated carbocycles. The maximum atomic E-state index is 13.3. The molecule has 0 aliphatic carbocycles. The highest BCUT2D eigenvalue weighted by Gasteiger charge is 2.24. The summed E-state index contributed by atoms with van der Waals surface area (Å²) in [5, 5.41) is 0.722. The molecule has 4 aromatic rings. The highest BCUT2D eigenvalue weighted by molar-refractivity contribution is 7.90. The van der Waals surface area contributed by atoms with Crippen LogP contribution in [0.5, 0.6) is 5.75 Å². The van der Waals surface area contributed by atoms with Crippen molar-refractivity contribution >= 4 is 39.3 Å². The number of aromatic nitrogens is 3. The van der Waals surface area contributed by atoms with E-state index in [9.17, 15) is 8.42 Å². The highest BCUT2D eigenvalue weighted by atomic mass is 35.5. The third-order valence-electron chi connectivity index (χ3n) is 4.68. The first-order valence-electron chi connectivity index (χ1n) is 8.80. The Balaban J connectivity index is 0.00000240. The quantitative estimate of drug-likeness (QED) is 0.498. The van der Waals surface area contributed by atoms with Gasteiger partial charge in [-0.25, -0.2) is 17.4 Å². The van der Waals surface area contributed by atoms with E-state index >= 15 is 0 Å². The van der Waals surface area contributed by atoms with Crippen molar-refractivity contribution in [3.8, 4) is 17.0 Å². The average molecular weight is 433 g/mol. The second-order valence-electron chi connectivity index (χ2n) is 6.34. The number of nitrogens with zero attached hydrogens (tertiary/aromatic N) is 2. The van der Waals surface area contributed by atoms with E-state index in [0.29, 0.717) is 34.9 Å². The molecule has 3 N–H and O–H groups in total. The van der Waals surface area contributed by atoms with Crippen molar-refractivity contribution in [2.24, 2.45) is 0 Å². The largest absolute Gasteiger partial charge is 0.497 e. The lowest BCUT2D eigenvalue weighted by molar-refractivity contribution is 0.415. The zero-order chi connectivity index (χ0) is 19.9. The second-order valence-corrected chi connectivity index (χ2v) is 8.16. The number of methoxy groups -OCH3 is 1. The first kappa shape index (κ1) is 20.8. The lowest BCUT2D eigenvalue weighted by Gasteiger charge is -2.07. The van der Waals surface area contributed by atoms with E-state index in [1.165, 1.54) is 3.97 Å². The first-order valence-corrected chi connectivity index (χ1v) is 10.2. The number of H-pyrrole nitrogens is 1. The van der Waals surface area contributed by atoms with Crippen molar-refractivity contribution in [2.75, 3.05) is 12.8 Å². The van der Waals surface area contributed by atoms with E-state index in [2.05, 4.69) is 9.97 Å². The van der Waals surface area contributed by atoms with Gasteiger partial charge in [0.2, 0.25) is 0 Å². The number of ether oxygens (including phenoxy) is 1. The molecule has 0 amide bonds. The Morgan fingerprint density at radius 2 is 1.90 bits per heavy atom. The number of anilines is 1. The second kappa shape index (κ2) is 7.81. The van der Waals surface area contributed by atoms with Crippen molar-refractivity contribution in [3.05, 3.63) is 60.4 Å². The monoisotopic (exact) mass is 432 g/mol. The van der Waals surface area contributed by atoms with Crippen LogP contribution in [-0.2, 0) is 16.4 Å². The van der Waals surface area contributed by atoms with Gasteiger partial charge < -0.3 is 15.5 Å². The summed E-state index contributed by atoms with van der Waals surface area (Å²) in [5.74, 6) is 0.923. The number of benzene rings is 2. The molecule has 0 radical (unpaired) electrons. The van der Waals surface area contributed by atoms with E-state index in [1.54, 1.807) is 55.8 Å². The molecule has 0 spiro atoms. The summed E-state index contributed by atoms with van der Waals surface area (Å²) in [5.41, 5.74) is 8.57. The van der Waals surface area contributed by atoms with Crippen molar-refractivity contribution in [2.45, 2.75) is 18.2 Å². The molecular formula is C20H21ClN4O3S. The molecule has 152 valence electrons. The minimum Gasteiger partial charge on any atom is -0.497 e. The van der Waals surface area contributed by atoms with Gasteiger partial charge in [0.05, 0.1) is 23.2 Å². The molecule has 0 aliphatic rings. The Morgan fingerprint density at radius 3 is 2.55 bits per heavy atom. The van der Waals surface area contributed by atoms with E-state index in [1.807, 2.05) is 13.0 Å². The van der Waals surface area contributed by atoms with Crippen LogP contribution in [0, 0.1) is 0 Å². The molecule has 0 aliphatic heterocycles. The normalized spacial score (nSPS) is 11.4. The highest BCUT2D eigenvalue weighted by Crippen LogP contribution is 2.36. The van der Waals surface area contributed by atoms with Gasteiger partial charge in [-0.15, -0.1) is 12.4 Å². The Labute approximate surface area is 175 Å². The van der Waals surface area contributed by atoms with Crippen LogP contribution < -0.4 is 10.5 Å². The van der Waals surface area contributed by atoms with Gasteiger partial charge in [0.1, 0.15) is 5.75 Å². The van der Waals surface area contributed by atoms with Crippen molar-refractivity contribution in [1.82, 2.24) is 13.9 Å². The van der Waals surface area contributed by atoms with Crippen molar-refractivity contribution < 1.29 is 13.2 Å². The molecule has 2 aromatic carbocycles. The van der Waals surface area contributed by atoms with Crippen LogP contribution in [0.1, 0.15) is 12.6 Å². The standard InChI is InChI=1S/C20H20N4O3S.ClH/c1-3-17-19(23-20(21)22-17)16-12-24(18-10-9-13(27-2)11-15(16)18)28(25,26)14-7-5-4-6-8-14;/h4-12H,3H2,1-2H3,(H3,21,22,23);1H. The number of hydrogen-bond donors (Lipinski definition) is 2. The number of nitrogens with two attached hydrogens (primary N) is 1. The Morgan fingerprint density at radius 1 is 1.17 bits per heavy atom. The summed E-state index contributed by atoms with van der Waals surface area (Å²) in [6.45, 7) is 1.98. The number of hydrogen-bond acceptors (Lipinski definition) is 5. The van der Waals surface area contributed by atoms with Gasteiger partial charge in [-0.2, -0.15) is 0 Å². The number of nitrogen functional groups attached to an aromatic ring is 1. The fourth-order valence-corrected chi connectivity index (χ4v) is 4.70. The molecule has 2 aromatic heterocycles. The molecule has 4 rings (SSSR count). The third kappa shape index (κ3) is 3.45. The maximum Gasteiger partial charge on any atom is 0.268 e. The van der Waals surface area contributed by atoms with Crippen molar-refractivity contribution in [3.63, 3.8) is 0 Å². The molecular weight excluding hydrogens is 412 g/mol. The number of imidazole rings is 1. The minimum atomic E-state index is -3.78. The van der Waals surface area contributed by atoms with E-state index in [4.69, 9.17) is 10.5 Å². The Hall–Kier alpha value is -2.97. The summed E-state index contributed by atoms with van der Waals surface area (Å²) in [6.07, 6.45) is 2.28. The van der Waals surface area contributed by atoms with Gasteiger partial charge in [0, 0.05) is 22.8 Å². The topological polar surface area (TPSA) is 103 Å². The lowest BCUT2D eigenvalue weighted by atomic mass is 10.1. The summed E-state index contributed by atoms with van der Waals surface area (Å²) in [4.78, 5) is 7.66. The molecule has 7 nitrogen and oxygen atoms in total.